The first-order chi connectivity index (χ1) is 9.67. The molecule has 1 aliphatic rings. The molecule has 0 bridgehead atoms. The fourth-order valence-electron chi connectivity index (χ4n) is 2.07. The van der Waals surface area contributed by atoms with Crippen molar-refractivity contribution in [1.82, 2.24) is 10.1 Å². The van der Waals surface area contributed by atoms with Gasteiger partial charge in [-0.3, -0.25) is 4.79 Å². The minimum Gasteiger partial charge on any atom is -0.469 e. The minimum atomic E-state index is -0.109. The topological polar surface area (TPSA) is 65.2 Å². The maximum Gasteiger partial charge on any atom is 0.306 e. The van der Waals surface area contributed by atoms with Gasteiger partial charge in [0.15, 0.2) is 5.82 Å². The number of thioether (sulfide) groups is 1. The summed E-state index contributed by atoms with van der Waals surface area (Å²) in [5.74, 6) is 3.06. The summed E-state index contributed by atoms with van der Waals surface area (Å²) >= 11 is 1.76. The van der Waals surface area contributed by atoms with E-state index in [1.54, 1.807) is 11.8 Å². The van der Waals surface area contributed by atoms with E-state index in [2.05, 4.69) is 17.1 Å². The van der Waals surface area contributed by atoms with Crippen LogP contribution in [0.2, 0.25) is 0 Å². The predicted octanol–water partition coefficient (Wildman–Crippen LogP) is 2.99. The predicted molar refractivity (Wildman–Crippen MR) is 77.4 cm³/mol. The van der Waals surface area contributed by atoms with Crippen LogP contribution >= 0.6 is 11.8 Å². The van der Waals surface area contributed by atoms with Crippen molar-refractivity contribution in [2.45, 2.75) is 51.2 Å². The van der Waals surface area contributed by atoms with Gasteiger partial charge in [0.25, 0.3) is 0 Å². The molecule has 1 heterocycles. The summed E-state index contributed by atoms with van der Waals surface area (Å²) in [5, 5.41) is 3.97. The molecule has 1 aromatic heterocycles. The lowest BCUT2D eigenvalue weighted by atomic mass is 10.1. The highest BCUT2D eigenvalue weighted by Gasteiger charge is 2.44. The molecule has 6 heteroatoms. The number of carbonyl (C=O) groups is 1. The number of aromatic nitrogens is 2. The normalized spacial score (nSPS) is 16.1. The molecule has 0 aliphatic heterocycles. The highest BCUT2D eigenvalue weighted by molar-refractivity contribution is 7.98. The highest BCUT2D eigenvalue weighted by Crippen LogP contribution is 2.51. The second kappa shape index (κ2) is 7.11. The number of ether oxygens (including phenoxy) is 1. The van der Waals surface area contributed by atoms with Gasteiger partial charge in [0.1, 0.15) is 0 Å². The van der Waals surface area contributed by atoms with E-state index in [1.165, 1.54) is 7.11 Å². The zero-order valence-corrected chi connectivity index (χ0v) is 13.0. The Morgan fingerprint density at radius 3 is 2.95 bits per heavy atom. The fraction of sp³-hybridized carbons (Fsp3) is 0.786. The summed E-state index contributed by atoms with van der Waals surface area (Å²) in [7, 11) is 1.45. The van der Waals surface area contributed by atoms with E-state index < -0.39 is 0 Å². The summed E-state index contributed by atoms with van der Waals surface area (Å²) in [4.78, 5) is 15.7. The molecule has 0 amide bonds. The summed E-state index contributed by atoms with van der Waals surface area (Å²) in [6.07, 6.45) is 5.86. The van der Waals surface area contributed by atoms with Gasteiger partial charge in [-0.2, -0.15) is 16.7 Å². The summed E-state index contributed by atoms with van der Waals surface area (Å²) in [5.41, 5.74) is 0.156. The van der Waals surface area contributed by atoms with E-state index in [0.717, 1.165) is 49.4 Å². The van der Waals surface area contributed by atoms with Gasteiger partial charge in [-0.1, -0.05) is 18.5 Å². The van der Waals surface area contributed by atoms with Crippen molar-refractivity contribution in [1.29, 1.82) is 0 Å². The van der Waals surface area contributed by atoms with Gasteiger partial charge in [-0.05, 0) is 30.4 Å². The second-order valence-electron chi connectivity index (χ2n) is 5.45. The lowest BCUT2D eigenvalue weighted by molar-refractivity contribution is -0.141. The van der Waals surface area contributed by atoms with Crippen LogP contribution in [0.4, 0.5) is 0 Å². The van der Waals surface area contributed by atoms with Crippen molar-refractivity contribution in [2.75, 3.05) is 12.9 Å². The molecule has 0 radical (unpaired) electrons. The molecule has 0 atom stereocenters. The Kier molecular flexibility index (Phi) is 5.46. The standard InChI is InChI=1S/C14H22N2O3S/c1-3-4-5-11-15-12(19-16-11)9-20-10-14(6-7-14)8-13(17)18-2/h3-10H2,1-2H3. The van der Waals surface area contributed by atoms with Crippen molar-refractivity contribution in [2.24, 2.45) is 5.41 Å². The number of rotatable bonds is 9. The Labute approximate surface area is 123 Å². The summed E-state index contributed by atoms with van der Waals surface area (Å²) in [6, 6.07) is 0. The zero-order valence-electron chi connectivity index (χ0n) is 12.2. The van der Waals surface area contributed by atoms with Crippen LogP contribution in [0.3, 0.4) is 0 Å². The molecule has 2 rings (SSSR count). The Morgan fingerprint density at radius 1 is 1.50 bits per heavy atom. The molecule has 0 unspecified atom stereocenters. The fourth-order valence-corrected chi connectivity index (χ4v) is 3.29. The zero-order chi connectivity index (χ0) is 14.4. The molecule has 112 valence electrons. The van der Waals surface area contributed by atoms with Gasteiger partial charge in [-0.25, -0.2) is 0 Å². The highest BCUT2D eigenvalue weighted by atomic mass is 32.2. The van der Waals surface area contributed by atoms with Crippen molar-refractivity contribution >= 4 is 17.7 Å². The average Bonchev–Trinajstić information content (AvgIpc) is 3.05. The Bertz CT molecular complexity index is 443. The monoisotopic (exact) mass is 298 g/mol. The Hall–Kier alpha value is -1.04. The Balaban J connectivity index is 1.70. The second-order valence-corrected chi connectivity index (χ2v) is 6.44. The largest absolute Gasteiger partial charge is 0.469 e. The lowest BCUT2D eigenvalue weighted by Crippen LogP contribution is -2.13. The van der Waals surface area contributed by atoms with E-state index in [4.69, 9.17) is 9.26 Å². The van der Waals surface area contributed by atoms with Crippen LogP contribution in [0, 0.1) is 5.41 Å². The number of nitrogens with zero attached hydrogens (tertiary/aromatic N) is 2. The molecule has 20 heavy (non-hydrogen) atoms. The molecule has 0 N–H and O–H groups in total. The van der Waals surface area contributed by atoms with Crippen molar-refractivity contribution in [3.05, 3.63) is 11.7 Å². The lowest BCUT2D eigenvalue weighted by Gasteiger charge is -2.11. The van der Waals surface area contributed by atoms with Gasteiger partial charge < -0.3 is 9.26 Å². The van der Waals surface area contributed by atoms with Crippen LogP contribution < -0.4 is 0 Å². The van der Waals surface area contributed by atoms with E-state index in [9.17, 15) is 4.79 Å². The molecule has 1 saturated carbocycles. The number of methoxy groups -OCH3 is 1. The van der Waals surface area contributed by atoms with Crippen molar-refractivity contribution in [3.8, 4) is 0 Å². The number of esters is 1. The molecule has 1 aliphatic carbocycles. The molecular formula is C14H22N2O3S. The van der Waals surface area contributed by atoms with E-state index in [0.29, 0.717) is 12.3 Å². The third-order valence-electron chi connectivity index (χ3n) is 3.60. The first-order valence-electron chi connectivity index (χ1n) is 7.13. The molecule has 1 aromatic rings. The number of carbonyl (C=O) groups excluding carboxylic acids is 1. The molecular weight excluding hydrogens is 276 g/mol. The van der Waals surface area contributed by atoms with E-state index in [1.807, 2.05) is 0 Å². The SMILES string of the molecule is CCCCc1noc(CSCC2(CC(=O)OC)CC2)n1. The van der Waals surface area contributed by atoms with E-state index >= 15 is 0 Å². The third kappa shape index (κ3) is 4.51. The number of hydrogen-bond acceptors (Lipinski definition) is 6. The van der Waals surface area contributed by atoms with Gasteiger partial charge in [0.05, 0.1) is 19.3 Å². The minimum absolute atomic E-state index is 0.109. The summed E-state index contributed by atoms with van der Waals surface area (Å²) in [6.45, 7) is 2.15. The molecule has 1 fully saturated rings. The van der Waals surface area contributed by atoms with Gasteiger partial charge in [0.2, 0.25) is 5.89 Å². The quantitative estimate of drug-likeness (QED) is 0.653. The van der Waals surface area contributed by atoms with Crippen molar-refractivity contribution in [3.63, 3.8) is 0 Å². The van der Waals surface area contributed by atoms with Gasteiger partial charge >= 0.3 is 5.97 Å². The van der Waals surface area contributed by atoms with Crippen LogP contribution in [-0.2, 0) is 21.7 Å². The number of unbranched alkanes of at least 4 members (excludes halogenated alkanes) is 1. The van der Waals surface area contributed by atoms with Crippen LogP contribution in [0.25, 0.3) is 0 Å². The van der Waals surface area contributed by atoms with Crippen LogP contribution in [-0.4, -0.2) is 29.0 Å². The number of hydrogen-bond donors (Lipinski definition) is 0. The van der Waals surface area contributed by atoms with Crippen LogP contribution in [0.1, 0.15) is 50.7 Å². The smallest absolute Gasteiger partial charge is 0.306 e. The Morgan fingerprint density at radius 2 is 2.30 bits per heavy atom. The molecule has 0 aromatic carbocycles. The maximum absolute atomic E-state index is 11.3. The van der Waals surface area contributed by atoms with Gasteiger partial charge in [-0.15, -0.1) is 0 Å². The maximum atomic E-state index is 11.3. The first kappa shape index (κ1) is 15.4. The van der Waals surface area contributed by atoms with Crippen molar-refractivity contribution < 1.29 is 14.1 Å². The average molecular weight is 298 g/mol. The van der Waals surface area contributed by atoms with Gasteiger partial charge in [0, 0.05) is 6.42 Å². The molecule has 0 saturated heterocycles. The summed E-state index contributed by atoms with van der Waals surface area (Å²) < 4.78 is 9.97. The number of aryl methyl sites for hydroxylation is 1. The first-order valence-corrected chi connectivity index (χ1v) is 8.29. The van der Waals surface area contributed by atoms with Crippen LogP contribution in [0.15, 0.2) is 4.52 Å². The molecule has 0 spiro atoms. The third-order valence-corrected chi connectivity index (χ3v) is 4.87. The molecule has 5 nitrogen and oxygen atoms in total. The van der Waals surface area contributed by atoms with Crippen LogP contribution in [0.5, 0.6) is 0 Å². The van der Waals surface area contributed by atoms with E-state index in [-0.39, 0.29) is 11.4 Å².